The molecule has 0 fully saturated rings. The minimum Gasteiger partial charge on any atom is -0.480 e. The van der Waals surface area contributed by atoms with Gasteiger partial charge in [-0.25, -0.2) is 4.79 Å². The van der Waals surface area contributed by atoms with Gasteiger partial charge in [-0.1, -0.05) is 6.92 Å². The normalized spacial score (nSPS) is 12.9. The van der Waals surface area contributed by atoms with Gasteiger partial charge in [-0.3, -0.25) is 9.59 Å². The zero-order chi connectivity index (χ0) is 15.5. The molecule has 0 rings (SSSR count). The Labute approximate surface area is 116 Å². The van der Waals surface area contributed by atoms with Crippen molar-refractivity contribution in [3.63, 3.8) is 0 Å². The number of amides is 1. The quantitative estimate of drug-likeness (QED) is 0.332. The van der Waals surface area contributed by atoms with Crippen molar-refractivity contribution in [1.29, 1.82) is 0 Å². The Hall–Kier alpha value is -2.05. The number of carbonyl (C=O) groups excluding carboxylic acids is 2. The number of ether oxygens (including phenoxy) is 1. The third-order valence-electron chi connectivity index (χ3n) is 2.53. The van der Waals surface area contributed by atoms with E-state index in [1.165, 1.54) is 0 Å². The van der Waals surface area contributed by atoms with Crippen molar-refractivity contribution in [1.82, 2.24) is 5.32 Å². The van der Waals surface area contributed by atoms with Crippen LogP contribution in [0.3, 0.4) is 0 Å². The minimum absolute atomic E-state index is 0.0888. The van der Waals surface area contributed by atoms with Crippen LogP contribution in [-0.2, 0) is 19.1 Å². The number of aliphatic carboxylic acids is 1. The summed E-state index contributed by atoms with van der Waals surface area (Å²) in [5, 5.41) is 11.3. The molecule has 20 heavy (non-hydrogen) atoms. The first-order valence-corrected chi connectivity index (χ1v) is 6.31. The lowest BCUT2D eigenvalue weighted by Gasteiger charge is -2.18. The molecule has 0 aliphatic carbocycles. The van der Waals surface area contributed by atoms with E-state index in [9.17, 15) is 14.4 Å². The Morgan fingerprint density at radius 1 is 1.40 bits per heavy atom. The van der Waals surface area contributed by atoms with Crippen molar-refractivity contribution in [2.45, 2.75) is 45.3 Å². The van der Waals surface area contributed by atoms with Crippen molar-refractivity contribution in [3.8, 4) is 0 Å². The largest absolute Gasteiger partial charge is 0.480 e. The van der Waals surface area contributed by atoms with Crippen molar-refractivity contribution in [2.24, 2.45) is 0 Å². The molecule has 8 heteroatoms. The number of carbonyl (C=O) groups is 3. The van der Waals surface area contributed by atoms with Gasteiger partial charge in [0.1, 0.15) is 12.1 Å². The van der Waals surface area contributed by atoms with Gasteiger partial charge in [-0.15, -0.1) is 0 Å². The lowest BCUT2D eigenvalue weighted by atomic mass is 10.1. The summed E-state index contributed by atoms with van der Waals surface area (Å²) in [6.45, 7) is 3.82. The molecular weight excluding hydrogens is 266 g/mol. The van der Waals surface area contributed by atoms with Crippen molar-refractivity contribution >= 4 is 23.9 Å². The summed E-state index contributed by atoms with van der Waals surface area (Å²) in [7, 11) is 0. The number of carboxylic acid groups (broad SMARTS) is 1. The zero-order valence-electron chi connectivity index (χ0n) is 11.5. The second kappa shape index (κ2) is 9.82. The fourth-order valence-electron chi connectivity index (χ4n) is 1.52. The van der Waals surface area contributed by atoms with Crippen LogP contribution in [0, 0.1) is 0 Å². The number of hydrogen-bond acceptors (Lipinski definition) is 4. The molecule has 0 spiro atoms. The summed E-state index contributed by atoms with van der Waals surface area (Å²) < 4.78 is 5.17. The third kappa shape index (κ3) is 6.77. The molecule has 1 amide bonds. The van der Waals surface area contributed by atoms with Gasteiger partial charge < -0.3 is 20.7 Å². The predicted octanol–water partition coefficient (Wildman–Crippen LogP) is 0.0208. The van der Waals surface area contributed by atoms with E-state index in [1.54, 1.807) is 13.8 Å². The fourth-order valence-corrected chi connectivity index (χ4v) is 1.52. The number of hydrogen-bond donors (Lipinski definition) is 2. The van der Waals surface area contributed by atoms with Crippen LogP contribution in [0.2, 0.25) is 0 Å². The van der Waals surface area contributed by atoms with E-state index in [-0.39, 0.29) is 12.8 Å². The number of carboxylic acids is 1. The zero-order valence-corrected chi connectivity index (χ0v) is 11.5. The molecule has 0 saturated carbocycles. The van der Waals surface area contributed by atoms with Gasteiger partial charge in [0.25, 0.3) is 0 Å². The maximum absolute atomic E-state index is 11.8. The first-order valence-electron chi connectivity index (χ1n) is 6.31. The highest BCUT2D eigenvalue weighted by Gasteiger charge is 2.25. The lowest BCUT2D eigenvalue weighted by Crippen LogP contribution is -2.46. The van der Waals surface area contributed by atoms with Gasteiger partial charge in [0.15, 0.2) is 0 Å². The molecular formula is C12H19N3O5. The molecule has 0 heterocycles. The molecule has 0 aliphatic heterocycles. The van der Waals surface area contributed by atoms with Crippen LogP contribution in [0.4, 0.5) is 0 Å². The molecule has 8 nitrogen and oxygen atoms in total. The Balaban J connectivity index is 4.53. The van der Waals surface area contributed by atoms with Gasteiger partial charge in [0.05, 0.1) is 0 Å². The van der Waals surface area contributed by atoms with Gasteiger partial charge in [0.2, 0.25) is 11.7 Å². The highest BCUT2D eigenvalue weighted by atomic mass is 16.5. The maximum Gasteiger partial charge on any atom is 0.326 e. The van der Waals surface area contributed by atoms with Crippen LogP contribution < -0.4 is 5.32 Å². The highest BCUT2D eigenvalue weighted by molar-refractivity contribution is 6.25. The molecule has 2 atom stereocenters. The van der Waals surface area contributed by atoms with E-state index in [2.05, 4.69) is 10.1 Å². The second-order valence-corrected chi connectivity index (χ2v) is 4.00. The molecule has 0 aromatic heterocycles. The van der Waals surface area contributed by atoms with E-state index in [1.807, 2.05) is 0 Å². The standard InChI is InChI=1S/C12H19N3O5/c1-3-10(20-4-2)11(17)15-9(12(18)19)6-5-8(16)7-14-13/h7,9-10H,3-6H2,1-2H3,(H,15,17)(H,18,19). The van der Waals surface area contributed by atoms with Gasteiger partial charge >= 0.3 is 12.2 Å². The Morgan fingerprint density at radius 3 is 2.50 bits per heavy atom. The first-order chi connectivity index (χ1) is 9.46. The van der Waals surface area contributed by atoms with Gasteiger partial charge in [0, 0.05) is 13.0 Å². The Bertz CT molecular complexity index is 404. The Kier molecular flexibility index (Phi) is 8.82. The number of rotatable bonds is 10. The van der Waals surface area contributed by atoms with Crippen LogP contribution in [0.1, 0.15) is 33.1 Å². The van der Waals surface area contributed by atoms with Crippen LogP contribution in [-0.4, -0.2) is 52.5 Å². The molecule has 0 saturated heterocycles. The molecule has 2 unspecified atom stereocenters. The molecule has 0 aromatic rings. The second-order valence-electron chi connectivity index (χ2n) is 4.00. The maximum atomic E-state index is 11.8. The molecule has 0 bridgehead atoms. The van der Waals surface area contributed by atoms with Crippen LogP contribution in [0.15, 0.2) is 0 Å². The average molecular weight is 285 g/mol. The smallest absolute Gasteiger partial charge is 0.326 e. The molecule has 0 radical (unpaired) electrons. The molecule has 112 valence electrons. The summed E-state index contributed by atoms with van der Waals surface area (Å²) in [5.41, 5.74) is 8.17. The summed E-state index contributed by atoms with van der Waals surface area (Å²) in [5.74, 6) is -2.28. The SMILES string of the molecule is CCOC(CC)C(=O)NC(CCC(=O)C=[N+]=[N-])C(=O)O. The summed E-state index contributed by atoms with van der Waals surface area (Å²) in [6.07, 6.45) is 0.163. The number of ketones is 1. The summed E-state index contributed by atoms with van der Waals surface area (Å²) >= 11 is 0. The summed E-state index contributed by atoms with van der Waals surface area (Å²) in [4.78, 5) is 36.5. The van der Waals surface area contributed by atoms with Crippen molar-refractivity contribution in [2.75, 3.05) is 6.61 Å². The minimum atomic E-state index is -1.24. The van der Waals surface area contributed by atoms with E-state index < -0.39 is 29.8 Å². The lowest BCUT2D eigenvalue weighted by molar-refractivity contribution is -0.144. The summed E-state index contributed by atoms with van der Waals surface area (Å²) in [6, 6.07) is -1.19. The van der Waals surface area contributed by atoms with E-state index >= 15 is 0 Å². The van der Waals surface area contributed by atoms with Crippen molar-refractivity contribution in [3.05, 3.63) is 5.53 Å². The first kappa shape index (κ1) is 17.9. The fraction of sp³-hybridized carbons (Fsp3) is 0.667. The number of nitrogens with one attached hydrogen (secondary N) is 1. The average Bonchev–Trinajstić information content (AvgIpc) is 2.40. The highest BCUT2D eigenvalue weighted by Crippen LogP contribution is 2.03. The van der Waals surface area contributed by atoms with Crippen LogP contribution >= 0.6 is 0 Å². The topological polar surface area (TPSA) is 129 Å². The Morgan fingerprint density at radius 2 is 2.05 bits per heavy atom. The van der Waals surface area contributed by atoms with E-state index in [0.29, 0.717) is 19.2 Å². The number of Topliss-reactive ketones (excluding diaryl/α,β-unsaturated/α-hetero) is 1. The molecule has 2 N–H and O–H groups in total. The van der Waals surface area contributed by atoms with E-state index in [4.69, 9.17) is 15.4 Å². The van der Waals surface area contributed by atoms with Gasteiger partial charge in [-0.2, -0.15) is 4.79 Å². The molecule has 0 aromatic carbocycles. The predicted molar refractivity (Wildman–Crippen MR) is 69.2 cm³/mol. The van der Waals surface area contributed by atoms with Crippen LogP contribution in [0.25, 0.3) is 5.53 Å². The van der Waals surface area contributed by atoms with Crippen molar-refractivity contribution < 1.29 is 29.0 Å². The monoisotopic (exact) mass is 285 g/mol. The van der Waals surface area contributed by atoms with Crippen LogP contribution in [0.5, 0.6) is 0 Å². The number of nitrogens with zero attached hydrogens (tertiary/aromatic N) is 2. The molecule has 0 aliphatic rings. The van der Waals surface area contributed by atoms with Gasteiger partial charge in [-0.05, 0) is 19.8 Å². The third-order valence-corrected chi connectivity index (χ3v) is 2.53. The van der Waals surface area contributed by atoms with E-state index in [0.717, 1.165) is 0 Å².